The lowest BCUT2D eigenvalue weighted by atomic mass is 10.2. The molecule has 17 heavy (non-hydrogen) atoms. The van der Waals surface area contributed by atoms with E-state index in [1.54, 1.807) is 0 Å². The molecule has 0 atom stereocenters. The van der Waals surface area contributed by atoms with Gasteiger partial charge in [0.1, 0.15) is 5.65 Å². The van der Waals surface area contributed by atoms with Crippen LogP contribution in [-0.2, 0) is 6.42 Å². The molecule has 0 spiro atoms. The molecule has 0 aliphatic carbocycles. The lowest BCUT2D eigenvalue weighted by Crippen LogP contribution is -2.04. The van der Waals surface area contributed by atoms with Crippen LogP contribution in [0.5, 0.6) is 0 Å². The van der Waals surface area contributed by atoms with Gasteiger partial charge in [0, 0.05) is 34.9 Å². The minimum atomic E-state index is 0.626. The van der Waals surface area contributed by atoms with Crippen molar-refractivity contribution in [1.29, 1.82) is 0 Å². The van der Waals surface area contributed by atoms with Crippen LogP contribution < -0.4 is 5.73 Å². The third kappa shape index (κ3) is 1.68. The normalized spacial score (nSPS) is 11.4. The zero-order valence-corrected chi connectivity index (χ0v) is 9.98. The first-order chi connectivity index (χ1) is 8.29. The Morgan fingerprint density at radius 2 is 2.18 bits per heavy atom. The van der Waals surface area contributed by atoms with Gasteiger partial charge in [-0.25, -0.2) is 4.98 Å². The summed E-state index contributed by atoms with van der Waals surface area (Å²) in [6.45, 7) is 0.626. The van der Waals surface area contributed by atoms with E-state index < -0.39 is 0 Å². The lowest BCUT2D eigenvalue weighted by Gasteiger charge is -2.03. The highest BCUT2D eigenvalue weighted by molar-refractivity contribution is 6.31. The first-order valence-electron chi connectivity index (χ1n) is 5.54. The van der Waals surface area contributed by atoms with E-state index in [-0.39, 0.29) is 0 Å². The first kappa shape index (κ1) is 10.6. The van der Waals surface area contributed by atoms with Crippen molar-refractivity contribution >= 4 is 28.0 Å². The quantitative estimate of drug-likeness (QED) is 0.754. The maximum Gasteiger partial charge on any atom is 0.144 e. The molecule has 4 heteroatoms. The van der Waals surface area contributed by atoms with Gasteiger partial charge in [-0.3, -0.25) is 0 Å². The monoisotopic (exact) mass is 245 g/mol. The highest BCUT2D eigenvalue weighted by atomic mass is 35.5. The Bertz CT molecular complexity index is 688. The van der Waals surface area contributed by atoms with Crippen LogP contribution in [0.4, 0.5) is 0 Å². The van der Waals surface area contributed by atoms with Crippen LogP contribution in [0.25, 0.3) is 16.4 Å². The number of fused-ring (bicyclic) bond motifs is 3. The van der Waals surface area contributed by atoms with E-state index in [1.165, 1.54) is 0 Å². The molecule has 0 saturated carbocycles. The maximum absolute atomic E-state index is 6.03. The van der Waals surface area contributed by atoms with Crippen molar-refractivity contribution in [2.24, 2.45) is 5.73 Å². The minimum absolute atomic E-state index is 0.626. The van der Waals surface area contributed by atoms with Crippen LogP contribution in [0, 0.1) is 0 Å². The van der Waals surface area contributed by atoms with Crippen LogP contribution >= 0.6 is 11.6 Å². The van der Waals surface area contributed by atoms with Crippen molar-refractivity contribution < 1.29 is 0 Å². The summed E-state index contributed by atoms with van der Waals surface area (Å²) in [4.78, 5) is 4.46. The molecule has 3 aromatic rings. The van der Waals surface area contributed by atoms with Gasteiger partial charge in [0.15, 0.2) is 0 Å². The van der Waals surface area contributed by atoms with Gasteiger partial charge >= 0.3 is 0 Å². The van der Waals surface area contributed by atoms with E-state index in [4.69, 9.17) is 17.3 Å². The van der Waals surface area contributed by atoms with Gasteiger partial charge < -0.3 is 10.1 Å². The van der Waals surface area contributed by atoms with E-state index in [0.717, 1.165) is 33.6 Å². The molecule has 0 saturated heterocycles. The molecular weight excluding hydrogens is 234 g/mol. The van der Waals surface area contributed by atoms with Gasteiger partial charge in [-0.1, -0.05) is 17.7 Å². The summed E-state index contributed by atoms with van der Waals surface area (Å²) in [5, 5.41) is 2.95. The number of hydrogen-bond donors (Lipinski definition) is 1. The fraction of sp³-hybridized carbons (Fsp3) is 0.154. The van der Waals surface area contributed by atoms with Crippen molar-refractivity contribution in [1.82, 2.24) is 9.38 Å². The highest BCUT2D eigenvalue weighted by Crippen LogP contribution is 2.23. The van der Waals surface area contributed by atoms with Crippen LogP contribution in [0.1, 0.15) is 5.69 Å². The van der Waals surface area contributed by atoms with Crippen LogP contribution in [0.15, 0.2) is 36.7 Å². The third-order valence-electron chi connectivity index (χ3n) is 2.93. The fourth-order valence-corrected chi connectivity index (χ4v) is 2.29. The Labute approximate surface area is 104 Å². The molecule has 86 valence electrons. The topological polar surface area (TPSA) is 43.3 Å². The molecule has 0 fully saturated rings. The van der Waals surface area contributed by atoms with E-state index in [0.29, 0.717) is 6.54 Å². The molecule has 0 unspecified atom stereocenters. The average molecular weight is 246 g/mol. The van der Waals surface area contributed by atoms with E-state index >= 15 is 0 Å². The van der Waals surface area contributed by atoms with Crippen molar-refractivity contribution in [3.05, 3.63) is 47.4 Å². The van der Waals surface area contributed by atoms with Gasteiger partial charge in [0.05, 0.1) is 0 Å². The summed E-state index contributed by atoms with van der Waals surface area (Å²) < 4.78 is 2.07. The standard InChI is InChI=1S/C13H12ClN3/c14-10-2-1-9-4-6-17-11(3-5-15)8-16-13(17)12(9)7-10/h1-2,4,6-8H,3,5,15H2. The molecule has 3 nitrogen and oxygen atoms in total. The minimum Gasteiger partial charge on any atom is -0.330 e. The zero-order chi connectivity index (χ0) is 11.8. The predicted octanol–water partition coefficient (Wildman–Crippen LogP) is 2.64. The van der Waals surface area contributed by atoms with Crippen molar-refractivity contribution in [3.8, 4) is 0 Å². The van der Waals surface area contributed by atoms with Crippen LogP contribution in [0.2, 0.25) is 5.02 Å². The number of hydrogen-bond acceptors (Lipinski definition) is 2. The molecule has 3 rings (SSSR count). The predicted molar refractivity (Wildman–Crippen MR) is 70.5 cm³/mol. The second kappa shape index (κ2) is 4.02. The first-order valence-corrected chi connectivity index (χ1v) is 5.91. The summed E-state index contributed by atoms with van der Waals surface area (Å²) in [5.74, 6) is 0. The smallest absolute Gasteiger partial charge is 0.144 e. The summed E-state index contributed by atoms with van der Waals surface area (Å²) in [6.07, 6.45) is 4.74. The molecule has 2 N–H and O–H groups in total. The highest BCUT2D eigenvalue weighted by Gasteiger charge is 2.06. The second-order valence-corrected chi connectivity index (χ2v) is 4.47. The lowest BCUT2D eigenvalue weighted by molar-refractivity contribution is 0.906. The fourth-order valence-electron chi connectivity index (χ4n) is 2.12. The number of pyridine rings is 1. The zero-order valence-electron chi connectivity index (χ0n) is 9.23. The molecule has 0 aliphatic heterocycles. The van der Waals surface area contributed by atoms with Crippen molar-refractivity contribution in [3.63, 3.8) is 0 Å². The van der Waals surface area contributed by atoms with Crippen LogP contribution in [0.3, 0.4) is 0 Å². The molecular formula is C13H12ClN3. The van der Waals surface area contributed by atoms with E-state index in [2.05, 4.69) is 15.5 Å². The van der Waals surface area contributed by atoms with Gasteiger partial charge in [-0.15, -0.1) is 0 Å². The largest absolute Gasteiger partial charge is 0.330 e. The Hall–Kier alpha value is -1.58. The SMILES string of the molecule is NCCc1cnc2c3cc(Cl)ccc3ccn12. The van der Waals surface area contributed by atoms with E-state index in [9.17, 15) is 0 Å². The van der Waals surface area contributed by atoms with Gasteiger partial charge in [-0.2, -0.15) is 0 Å². The number of nitrogens with two attached hydrogens (primary N) is 1. The number of imidazole rings is 1. The molecule has 2 aromatic heterocycles. The molecule has 0 amide bonds. The van der Waals surface area contributed by atoms with Gasteiger partial charge in [0.2, 0.25) is 0 Å². The second-order valence-electron chi connectivity index (χ2n) is 4.03. The van der Waals surface area contributed by atoms with Gasteiger partial charge in [-0.05, 0) is 30.1 Å². The van der Waals surface area contributed by atoms with E-state index in [1.807, 2.05) is 30.6 Å². The molecule has 1 aromatic carbocycles. The molecule has 0 radical (unpaired) electrons. The van der Waals surface area contributed by atoms with Gasteiger partial charge in [0.25, 0.3) is 0 Å². The van der Waals surface area contributed by atoms with Crippen LogP contribution in [-0.4, -0.2) is 15.9 Å². The number of rotatable bonds is 2. The number of halogens is 1. The Morgan fingerprint density at radius 1 is 1.29 bits per heavy atom. The molecule has 0 bridgehead atoms. The Kier molecular flexibility index (Phi) is 2.50. The van der Waals surface area contributed by atoms with Crippen molar-refractivity contribution in [2.75, 3.05) is 6.54 Å². The Morgan fingerprint density at radius 3 is 3.00 bits per heavy atom. The summed E-state index contributed by atoms with van der Waals surface area (Å²) in [6, 6.07) is 7.92. The summed E-state index contributed by atoms with van der Waals surface area (Å²) >= 11 is 6.03. The molecule has 2 heterocycles. The molecule has 0 aliphatic rings. The average Bonchev–Trinajstić information content (AvgIpc) is 2.73. The number of benzene rings is 1. The van der Waals surface area contributed by atoms with Crippen molar-refractivity contribution in [2.45, 2.75) is 6.42 Å². The Balaban J connectivity index is 2.36. The maximum atomic E-state index is 6.03. The summed E-state index contributed by atoms with van der Waals surface area (Å²) in [7, 11) is 0. The summed E-state index contributed by atoms with van der Waals surface area (Å²) in [5.41, 5.74) is 7.65. The number of nitrogens with zero attached hydrogens (tertiary/aromatic N) is 2. The third-order valence-corrected chi connectivity index (χ3v) is 3.17. The number of aromatic nitrogens is 2.